The van der Waals surface area contributed by atoms with Crippen molar-refractivity contribution in [3.8, 4) is 0 Å². The Bertz CT molecular complexity index is 851. The Balaban J connectivity index is 1.54. The highest BCUT2D eigenvalue weighted by Gasteiger charge is 2.34. The summed E-state index contributed by atoms with van der Waals surface area (Å²) in [5, 5.41) is 2.94. The third-order valence-corrected chi connectivity index (χ3v) is 4.44. The molecule has 2 heterocycles. The monoisotopic (exact) mass is 320 g/mol. The van der Waals surface area contributed by atoms with Crippen LogP contribution in [0.3, 0.4) is 0 Å². The van der Waals surface area contributed by atoms with Crippen molar-refractivity contribution in [1.82, 2.24) is 5.32 Å². The SMILES string of the molecule is O=C(/C=C/c1ccco1)N=C1C=CC2C(=C1)NC(=O)C1=C2CCC1. The molecule has 5 heteroatoms. The highest BCUT2D eigenvalue weighted by molar-refractivity contribution is 6.13. The van der Waals surface area contributed by atoms with E-state index in [2.05, 4.69) is 10.3 Å². The lowest BCUT2D eigenvalue weighted by Gasteiger charge is -2.28. The van der Waals surface area contributed by atoms with Gasteiger partial charge in [-0.2, -0.15) is 0 Å². The first kappa shape index (κ1) is 14.6. The normalized spacial score (nSPS) is 24.2. The molecule has 0 saturated heterocycles. The van der Waals surface area contributed by atoms with Gasteiger partial charge in [-0.25, -0.2) is 4.99 Å². The van der Waals surface area contributed by atoms with E-state index in [0.717, 1.165) is 30.5 Å². The van der Waals surface area contributed by atoms with Crippen molar-refractivity contribution in [1.29, 1.82) is 0 Å². The summed E-state index contributed by atoms with van der Waals surface area (Å²) in [6, 6.07) is 3.51. The molecule has 1 atom stereocenters. The number of nitrogens with zero attached hydrogens (tertiary/aromatic N) is 1. The summed E-state index contributed by atoms with van der Waals surface area (Å²) in [5.74, 6) is 0.335. The topological polar surface area (TPSA) is 71.7 Å². The predicted octanol–water partition coefficient (Wildman–Crippen LogP) is 2.94. The first-order valence-corrected chi connectivity index (χ1v) is 7.98. The summed E-state index contributed by atoms with van der Waals surface area (Å²) in [6.07, 6.45) is 13.0. The number of nitrogens with one attached hydrogen (secondary N) is 1. The lowest BCUT2D eigenvalue weighted by atomic mass is 9.85. The molecule has 5 nitrogen and oxygen atoms in total. The van der Waals surface area contributed by atoms with Crippen LogP contribution in [0.4, 0.5) is 0 Å². The van der Waals surface area contributed by atoms with E-state index in [0.29, 0.717) is 11.5 Å². The number of furan rings is 1. The maximum absolute atomic E-state index is 12.1. The molecule has 24 heavy (non-hydrogen) atoms. The standard InChI is InChI=1S/C19H16N2O3/c22-18(9-7-13-3-2-10-24-13)20-12-6-8-15-14-4-1-5-16(14)19(23)21-17(15)11-12/h2-3,6-11,15H,1,4-5H2,(H,21,23)/b9-7+,20-12?. The number of aliphatic imine (C=N–C) groups is 1. The summed E-state index contributed by atoms with van der Waals surface area (Å²) in [5.41, 5.74) is 3.49. The van der Waals surface area contributed by atoms with Crippen molar-refractivity contribution >= 4 is 23.6 Å². The van der Waals surface area contributed by atoms with Gasteiger partial charge in [0.1, 0.15) is 5.76 Å². The van der Waals surface area contributed by atoms with Gasteiger partial charge in [0.25, 0.3) is 11.8 Å². The molecule has 1 aromatic heterocycles. The van der Waals surface area contributed by atoms with Crippen LogP contribution in [0.25, 0.3) is 6.08 Å². The van der Waals surface area contributed by atoms with Crippen molar-refractivity contribution in [3.63, 3.8) is 0 Å². The van der Waals surface area contributed by atoms with Gasteiger partial charge in [-0.3, -0.25) is 9.59 Å². The molecule has 120 valence electrons. The van der Waals surface area contributed by atoms with E-state index >= 15 is 0 Å². The van der Waals surface area contributed by atoms with Gasteiger partial charge in [0.2, 0.25) is 0 Å². The van der Waals surface area contributed by atoms with Crippen LogP contribution in [-0.2, 0) is 9.59 Å². The third kappa shape index (κ3) is 2.69. The molecule has 1 unspecified atom stereocenters. The fourth-order valence-corrected chi connectivity index (χ4v) is 3.36. The molecule has 2 amide bonds. The number of hydrogen-bond donors (Lipinski definition) is 1. The van der Waals surface area contributed by atoms with Crippen molar-refractivity contribution in [3.05, 3.63) is 65.3 Å². The number of carbonyl (C=O) groups is 2. The number of allylic oxidation sites excluding steroid dienone is 3. The molecule has 3 aliphatic rings. The number of fused-ring (bicyclic) bond motifs is 2. The van der Waals surface area contributed by atoms with Crippen LogP contribution in [0.5, 0.6) is 0 Å². The molecule has 0 radical (unpaired) electrons. The van der Waals surface area contributed by atoms with Gasteiger partial charge in [-0.05, 0) is 55.2 Å². The number of carbonyl (C=O) groups excluding carboxylic acids is 2. The van der Waals surface area contributed by atoms with Gasteiger partial charge in [0, 0.05) is 23.3 Å². The second-order valence-corrected chi connectivity index (χ2v) is 5.97. The van der Waals surface area contributed by atoms with Crippen LogP contribution in [0.1, 0.15) is 25.0 Å². The quantitative estimate of drug-likeness (QED) is 0.852. The molecule has 2 aliphatic carbocycles. The van der Waals surface area contributed by atoms with Gasteiger partial charge in [-0.15, -0.1) is 0 Å². The Labute approximate surface area is 139 Å². The zero-order chi connectivity index (χ0) is 16.5. The van der Waals surface area contributed by atoms with E-state index in [1.54, 1.807) is 30.5 Å². The minimum absolute atomic E-state index is 0.0105. The van der Waals surface area contributed by atoms with Crippen LogP contribution in [0, 0.1) is 5.92 Å². The van der Waals surface area contributed by atoms with Crippen LogP contribution < -0.4 is 5.32 Å². The van der Waals surface area contributed by atoms with Crippen molar-refractivity contribution in [2.24, 2.45) is 10.9 Å². The zero-order valence-electron chi connectivity index (χ0n) is 13.0. The third-order valence-electron chi connectivity index (χ3n) is 4.44. The maximum atomic E-state index is 12.1. The molecule has 0 fully saturated rings. The Morgan fingerprint density at radius 3 is 3.12 bits per heavy atom. The fourth-order valence-electron chi connectivity index (χ4n) is 3.36. The Morgan fingerprint density at radius 1 is 1.38 bits per heavy atom. The van der Waals surface area contributed by atoms with E-state index in [-0.39, 0.29) is 17.7 Å². The summed E-state index contributed by atoms with van der Waals surface area (Å²) in [7, 11) is 0. The summed E-state index contributed by atoms with van der Waals surface area (Å²) in [4.78, 5) is 28.1. The summed E-state index contributed by atoms with van der Waals surface area (Å²) < 4.78 is 5.13. The van der Waals surface area contributed by atoms with E-state index < -0.39 is 0 Å². The number of rotatable bonds is 2. The molecule has 4 rings (SSSR count). The Hall–Kier alpha value is -2.95. The van der Waals surface area contributed by atoms with Crippen molar-refractivity contribution in [2.45, 2.75) is 19.3 Å². The van der Waals surface area contributed by atoms with Gasteiger partial charge in [0.15, 0.2) is 0 Å². The molecule has 1 aliphatic heterocycles. The molecule has 0 spiro atoms. The zero-order valence-corrected chi connectivity index (χ0v) is 13.0. The van der Waals surface area contributed by atoms with Gasteiger partial charge >= 0.3 is 0 Å². The highest BCUT2D eigenvalue weighted by Crippen LogP contribution is 2.39. The van der Waals surface area contributed by atoms with E-state index in [1.807, 2.05) is 12.2 Å². The van der Waals surface area contributed by atoms with Crippen LogP contribution >= 0.6 is 0 Å². The van der Waals surface area contributed by atoms with Crippen molar-refractivity contribution in [2.75, 3.05) is 0 Å². The molecule has 0 aromatic carbocycles. The molecule has 0 saturated carbocycles. The second-order valence-electron chi connectivity index (χ2n) is 5.97. The lowest BCUT2D eigenvalue weighted by Crippen LogP contribution is -2.35. The molecule has 1 N–H and O–H groups in total. The highest BCUT2D eigenvalue weighted by atomic mass is 16.3. The average molecular weight is 320 g/mol. The van der Waals surface area contributed by atoms with E-state index in [9.17, 15) is 9.59 Å². The van der Waals surface area contributed by atoms with Gasteiger partial charge < -0.3 is 9.73 Å². The Morgan fingerprint density at radius 2 is 2.29 bits per heavy atom. The van der Waals surface area contributed by atoms with Crippen molar-refractivity contribution < 1.29 is 14.0 Å². The first-order chi connectivity index (χ1) is 11.7. The van der Waals surface area contributed by atoms with Crippen LogP contribution in [-0.4, -0.2) is 17.5 Å². The number of hydrogen-bond acceptors (Lipinski definition) is 3. The molecular weight excluding hydrogens is 304 g/mol. The maximum Gasteiger partial charge on any atom is 0.270 e. The fraction of sp³-hybridized carbons (Fsp3) is 0.211. The number of amides is 2. The molecule has 0 bridgehead atoms. The summed E-state index contributed by atoms with van der Waals surface area (Å²) in [6.45, 7) is 0. The van der Waals surface area contributed by atoms with Gasteiger partial charge in [0.05, 0.1) is 12.0 Å². The molecular formula is C19H16N2O3. The smallest absolute Gasteiger partial charge is 0.270 e. The van der Waals surface area contributed by atoms with Gasteiger partial charge in [-0.1, -0.05) is 6.08 Å². The average Bonchev–Trinajstić information content (AvgIpc) is 3.25. The first-order valence-electron chi connectivity index (χ1n) is 7.98. The predicted molar refractivity (Wildman–Crippen MR) is 89.9 cm³/mol. The minimum Gasteiger partial charge on any atom is -0.465 e. The van der Waals surface area contributed by atoms with E-state index in [4.69, 9.17) is 4.42 Å². The van der Waals surface area contributed by atoms with Crippen LogP contribution in [0.2, 0.25) is 0 Å². The minimum atomic E-state index is -0.371. The lowest BCUT2D eigenvalue weighted by molar-refractivity contribution is -0.117. The van der Waals surface area contributed by atoms with Crippen LogP contribution in [0.15, 0.2) is 69.0 Å². The second kappa shape index (κ2) is 5.92. The largest absolute Gasteiger partial charge is 0.465 e. The Kier molecular flexibility index (Phi) is 3.61. The molecule has 1 aromatic rings. The van der Waals surface area contributed by atoms with E-state index in [1.165, 1.54) is 11.6 Å². The summed E-state index contributed by atoms with van der Waals surface area (Å²) >= 11 is 0.